The van der Waals surface area contributed by atoms with Crippen LogP contribution in [0.4, 0.5) is 5.69 Å². The molecule has 1 spiro atoms. The first-order valence-corrected chi connectivity index (χ1v) is 7.98. The number of carbonyl (C=O) groups excluding carboxylic acids is 2. The van der Waals surface area contributed by atoms with Gasteiger partial charge in [0.15, 0.2) is 0 Å². The van der Waals surface area contributed by atoms with Crippen LogP contribution in [-0.2, 0) is 19.9 Å². The number of amides is 1. The van der Waals surface area contributed by atoms with Crippen LogP contribution in [0.5, 0.6) is 0 Å². The number of rotatable bonds is 1. The lowest BCUT2D eigenvalue weighted by atomic mass is 9.84. The molecule has 114 valence electrons. The van der Waals surface area contributed by atoms with Gasteiger partial charge in [-0.25, -0.2) is 4.79 Å². The second kappa shape index (κ2) is 5.06. The molecule has 1 amide bonds. The summed E-state index contributed by atoms with van der Waals surface area (Å²) in [6.45, 7) is 0. The molecule has 2 aliphatic heterocycles. The van der Waals surface area contributed by atoms with Crippen LogP contribution in [-0.4, -0.2) is 11.9 Å². The molecule has 0 aliphatic carbocycles. The Bertz CT molecular complexity index is 860. The van der Waals surface area contributed by atoms with Crippen LogP contribution < -0.4 is 5.32 Å². The Morgan fingerprint density at radius 1 is 1.09 bits per heavy atom. The molecule has 1 N–H and O–H groups in total. The lowest BCUT2D eigenvalue weighted by Gasteiger charge is -2.31. The summed E-state index contributed by atoms with van der Waals surface area (Å²) in [5.74, 6) is -0.807. The lowest BCUT2D eigenvalue weighted by molar-refractivity contribution is -0.163. The largest absolute Gasteiger partial charge is 0.440 e. The molecule has 2 aromatic carbocycles. The van der Waals surface area contributed by atoms with Crippen LogP contribution in [0.15, 0.2) is 59.1 Å². The highest BCUT2D eigenvalue weighted by molar-refractivity contribution is 9.10. The van der Waals surface area contributed by atoms with Gasteiger partial charge < -0.3 is 10.1 Å². The number of carbonyl (C=O) groups is 2. The Morgan fingerprint density at radius 2 is 1.87 bits per heavy atom. The van der Waals surface area contributed by atoms with Crippen LogP contribution in [0, 0.1) is 0 Å². The molecule has 4 rings (SSSR count). The Balaban J connectivity index is 1.85. The van der Waals surface area contributed by atoms with Crippen LogP contribution >= 0.6 is 15.9 Å². The van der Waals surface area contributed by atoms with Gasteiger partial charge in [0.25, 0.3) is 5.91 Å². The number of fused-ring (bicyclic) bond motifs is 2. The number of benzene rings is 2. The molecule has 0 saturated heterocycles. The lowest BCUT2D eigenvalue weighted by Crippen LogP contribution is -2.41. The van der Waals surface area contributed by atoms with E-state index in [0.717, 1.165) is 15.6 Å². The fourth-order valence-electron chi connectivity index (χ4n) is 3.12. The summed E-state index contributed by atoms with van der Waals surface area (Å²) < 4.78 is 6.36. The summed E-state index contributed by atoms with van der Waals surface area (Å²) >= 11 is 3.42. The maximum absolute atomic E-state index is 12.6. The molecule has 2 aromatic rings. The van der Waals surface area contributed by atoms with Crippen LogP contribution in [0.3, 0.4) is 0 Å². The third kappa shape index (κ3) is 2.19. The SMILES string of the molecule is O=C1C=C(c2ccccc2)CC2(O1)C(=O)Nc1ccc(Br)cc12. The molecule has 0 bridgehead atoms. The summed E-state index contributed by atoms with van der Waals surface area (Å²) in [5.41, 5.74) is 1.78. The number of ether oxygens (including phenoxy) is 1. The van der Waals surface area contributed by atoms with Crippen molar-refractivity contribution in [2.45, 2.75) is 12.0 Å². The molecule has 2 heterocycles. The number of hydrogen-bond donors (Lipinski definition) is 1. The molecule has 1 atom stereocenters. The molecule has 0 saturated carbocycles. The fraction of sp³-hybridized carbons (Fsp3) is 0.111. The maximum Gasteiger partial charge on any atom is 0.332 e. The normalized spacial score (nSPS) is 22.4. The van der Waals surface area contributed by atoms with Crippen molar-refractivity contribution in [2.24, 2.45) is 0 Å². The van der Waals surface area contributed by atoms with Crippen molar-refractivity contribution < 1.29 is 14.3 Å². The summed E-state index contributed by atoms with van der Waals surface area (Å²) in [7, 11) is 0. The van der Waals surface area contributed by atoms with Crippen LogP contribution in [0.1, 0.15) is 17.5 Å². The monoisotopic (exact) mass is 369 g/mol. The van der Waals surface area contributed by atoms with Crippen molar-refractivity contribution in [1.29, 1.82) is 0 Å². The molecular formula is C18H12BrNO3. The standard InChI is InChI=1S/C18H12BrNO3/c19-13-6-7-15-14(9-13)18(17(22)20-15)10-12(8-16(21)23-18)11-4-2-1-3-5-11/h1-9H,10H2,(H,20,22). The highest BCUT2D eigenvalue weighted by Crippen LogP contribution is 2.47. The number of nitrogens with one attached hydrogen (secondary N) is 1. The van der Waals surface area contributed by atoms with Crippen LogP contribution in [0.25, 0.3) is 5.57 Å². The van der Waals surface area contributed by atoms with Gasteiger partial charge in [-0.3, -0.25) is 4.79 Å². The summed E-state index contributed by atoms with van der Waals surface area (Å²) in [6.07, 6.45) is 1.78. The predicted octanol–water partition coefficient (Wildman–Crippen LogP) is 3.63. The van der Waals surface area contributed by atoms with Gasteiger partial charge in [0, 0.05) is 28.2 Å². The fourth-order valence-corrected chi connectivity index (χ4v) is 3.48. The Kier molecular flexibility index (Phi) is 3.13. The van der Waals surface area contributed by atoms with Gasteiger partial charge in [0.2, 0.25) is 5.60 Å². The van der Waals surface area contributed by atoms with Crippen molar-refractivity contribution in [3.8, 4) is 0 Å². The van der Waals surface area contributed by atoms with Gasteiger partial charge in [-0.05, 0) is 29.3 Å². The number of anilines is 1. The second-order valence-electron chi connectivity index (χ2n) is 5.60. The molecule has 0 fully saturated rings. The minimum Gasteiger partial charge on any atom is -0.440 e. The zero-order valence-corrected chi connectivity index (χ0v) is 13.6. The highest BCUT2D eigenvalue weighted by atomic mass is 79.9. The van der Waals surface area contributed by atoms with Crippen molar-refractivity contribution in [3.63, 3.8) is 0 Å². The van der Waals surface area contributed by atoms with Crippen molar-refractivity contribution in [2.75, 3.05) is 5.32 Å². The minimum atomic E-state index is -1.30. The first-order chi connectivity index (χ1) is 11.1. The average molecular weight is 370 g/mol. The molecule has 2 aliphatic rings. The molecule has 5 heteroatoms. The van der Waals surface area contributed by atoms with E-state index in [0.29, 0.717) is 17.7 Å². The Morgan fingerprint density at radius 3 is 2.65 bits per heavy atom. The quantitative estimate of drug-likeness (QED) is 0.780. The summed E-state index contributed by atoms with van der Waals surface area (Å²) in [5, 5.41) is 2.81. The first-order valence-electron chi connectivity index (χ1n) is 7.19. The predicted molar refractivity (Wildman–Crippen MR) is 89.6 cm³/mol. The van der Waals surface area contributed by atoms with Gasteiger partial charge in [0.05, 0.1) is 0 Å². The first kappa shape index (κ1) is 14.2. The van der Waals surface area contributed by atoms with E-state index in [1.54, 1.807) is 6.07 Å². The summed E-state index contributed by atoms with van der Waals surface area (Å²) in [4.78, 5) is 24.8. The molecule has 0 aromatic heterocycles. The Hall–Kier alpha value is -2.40. The van der Waals surface area contributed by atoms with Crippen LogP contribution in [0.2, 0.25) is 0 Å². The molecule has 0 radical (unpaired) electrons. The number of esters is 1. The number of hydrogen-bond acceptors (Lipinski definition) is 3. The number of halogens is 1. The van der Waals surface area contributed by atoms with Gasteiger partial charge in [-0.1, -0.05) is 46.3 Å². The molecule has 4 nitrogen and oxygen atoms in total. The Labute approximate surface area is 141 Å². The van der Waals surface area contributed by atoms with E-state index in [-0.39, 0.29) is 5.91 Å². The third-order valence-corrected chi connectivity index (χ3v) is 4.68. The van der Waals surface area contributed by atoms with E-state index in [4.69, 9.17) is 4.74 Å². The van der Waals surface area contributed by atoms with Crippen molar-refractivity contribution in [3.05, 3.63) is 70.2 Å². The van der Waals surface area contributed by atoms with Gasteiger partial charge in [-0.15, -0.1) is 0 Å². The van der Waals surface area contributed by atoms with E-state index in [2.05, 4.69) is 21.2 Å². The zero-order chi connectivity index (χ0) is 16.0. The van der Waals surface area contributed by atoms with E-state index in [9.17, 15) is 9.59 Å². The topological polar surface area (TPSA) is 55.4 Å². The maximum atomic E-state index is 12.6. The van der Waals surface area contributed by atoms with E-state index < -0.39 is 11.6 Å². The van der Waals surface area contributed by atoms with E-state index in [1.807, 2.05) is 42.5 Å². The zero-order valence-electron chi connectivity index (χ0n) is 12.0. The minimum absolute atomic E-state index is 0.305. The molecule has 1 unspecified atom stereocenters. The van der Waals surface area contributed by atoms with E-state index >= 15 is 0 Å². The van der Waals surface area contributed by atoms with Crippen molar-refractivity contribution in [1.82, 2.24) is 0 Å². The van der Waals surface area contributed by atoms with Crippen molar-refractivity contribution >= 4 is 39.1 Å². The molecular weight excluding hydrogens is 358 g/mol. The molecule has 23 heavy (non-hydrogen) atoms. The highest BCUT2D eigenvalue weighted by Gasteiger charge is 2.52. The average Bonchev–Trinajstić information content (AvgIpc) is 2.80. The van der Waals surface area contributed by atoms with Gasteiger partial charge in [-0.2, -0.15) is 0 Å². The van der Waals surface area contributed by atoms with E-state index in [1.165, 1.54) is 6.08 Å². The van der Waals surface area contributed by atoms with Gasteiger partial charge in [0.1, 0.15) is 0 Å². The van der Waals surface area contributed by atoms with Gasteiger partial charge >= 0.3 is 5.97 Å². The smallest absolute Gasteiger partial charge is 0.332 e. The third-order valence-electron chi connectivity index (χ3n) is 4.18. The summed E-state index contributed by atoms with van der Waals surface area (Å²) in [6, 6.07) is 15.0. The second-order valence-corrected chi connectivity index (χ2v) is 6.52.